The zero-order chi connectivity index (χ0) is 56.4. The first-order valence-corrected chi connectivity index (χ1v) is 35.9. The maximum absolute atomic E-state index is 12.5. The molecule has 0 radical (unpaired) electrons. The van der Waals surface area contributed by atoms with Crippen LogP contribution in [0.1, 0.15) is 412 Å². The van der Waals surface area contributed by atoms with Gasteiger partial charge in [0.15, 0.2) is 0 Å². The van der Waals surface area contributed by atoms with Crippen molar-refractivity contribution in [3.05, 3.63) is 12.2 Å². The van der Waals surface area contributed by atoms with Crippen LogP contribution in [0.3, 0.4) is 0 Å². The van der Waals surface area contributed by atoms with Crippen molar-refractivity contribution in [2.24, 2.45) is 0 Å². The van der Waals surface area contributed by atoms with Crippen molar-refractivity contribution in [3.8, 4) is 0 Å². The molecule has 0 aliphatic rings. The van der Waals surface area contributed by atoms with Gasteiger partial charge in [-0.05, 0) is 51.4 Å². The van der Waals surface area contributed by atoms with Crippen LogP contribution in [0.4, 0.5) is 0 Å². The van der Waals surface area contributed by atoms with E-state index in [1.165, 1.54) is 340 Å². The van der Waals surface area contributed by atoms with Gasteiger partial charge in [0.25, 0.3) is 0 Å². The van der Waals surface area contributed by atoms with Gasteiger partial charge < -0.3 is 20.3 Å². The van der Waals surface area contributed by atoms with Crippen LogP contribution >= 0.6 is 0 Å². The molecule has 464 valence electrons. The third-order valence-electron chi connectivity index (χ3n) is 17.1. The Kier molecular flexibility index (Phi) is 66.9. The minimum atomic E-state index is -0.662. The molecule has 0 aromatic rings. The van der Waals surface area contributed by atoms with Gasteiger partial charge in [0.2, 0.25) is 5.91 Å². The quantitative estimate of drug-likeness (QED) is 0.0320. The maximum atomic E-state index is 12.5. The second-order valence-electron chi connectivity index (χ2n) is 24.9. The molecule has 0 saturated carbocycles. The van der Waals surface area contributed by atoms with Crippen LogP contribution in [-0.2, 0) is 14.3 Å². The number of hydrogen-bond donors (Lipinski definition) is 3. The summed E-state index contributed by atoms with van der Waals surface area (Å²) < 4.78 is 5.50. The number of ether oxygens (including phenoxy) is 1. The average Bonchev–Trinajstić information content (AvgIpc) is 3.44. The second-order valence-corrected chi connectivity index (χ2v) is 24.9. The van der Waals surface area contributed by atoms with Gasteiger partial charge in [-0.1, -0.05) is 360 Å². The molecule has 0 rings (SSSR count). The first kappa shape index (κ1) is 76.6. The molecule has 0 saturated heterocycles. The van der Waals surface area contributed by atoms with Gasteiger partial charge in [0.1, 0.15) is 0 Å². The smallest absolute Gasteiger partial charge is 0.305 e. The lowest BCUT2D eigenvalue weighted by molar-refractivity contribution is -0.143. The van der Waals surface area contributed by atoms with Crippen molar-refractivity contribution in [1.29, 1.82) is 0 Å². The Morgan fingerprint density at radius 1 is 0.346 bits per heavy atom. The SMILES string of the molecule is CCCCCCCCCCCCCCCCCCC(O)C(CO)NC(=O)CCCCCCCCCCCCCCCC/C=C\CCCCCCCCCCCCCCOC(=O)CCCCCCCCCCCCCCCCC. The Balaban J connectivity index is 3.35. The first-order valence-electron chi connectivity index (χ1n) is 35.9. The van der Waals surface area contributed by atoms with Crippen molar-refractivity contribution >= 4 is 11.9 Å². The fraction of sp³-hybridized carbons (Fsp3) is 0.944. The molecule has 1 amide bonds. The summed E-state index contributed by atoms with van der Waals surface area (Å²) in [5.74, 6) is -0.00870. The van der Waals surface area contributed by atoms with E-state index in [1.54, 1.807) is 0 Å². The summed E-state index contributed by atoms with van der Waals surface area (Å²) in [7, 11) is 0. The molecule has 6 nitrogen and oxygen atoms in total. The number of allylic oxidation sites excluding steroid dienone is 2. The standard InChI is InChI=1S/C72H141NO5/c1-3-5-7-9-11-13-15-17-19-37-40-44-48-52-56-60-64-70(75)69(68-74)73-71(76)65-61-57-53-49-45-41-38-34-32-30-28-26-24-22-20-21-23-25-27-29-31-33-35-39-43-47-51-55-59-63-67-78-72(77)66-62-58-54-50-46-42-36-18-16-14-12-10-8-6-4-2/h21,23,69-70,74-75H,3-20,22,24-68H2,1-2H3,(H,73,76)/b23-21-. The Morgan fingerprint density at radius 3 is 0.910 bits per heavy atom. The van der Waals surface area contributed by atoms with Crippen LogP contribution in [-0.4, -0.2) is 47.4 Å². The molecule has 78 heavy (non-hydrogen) atoms. The first-order chi connectivity index (χ1) is 38.5. The summed E-state index contributed by atoms with van der Waals surface area (Å²) in [6, 6.07) is -0.540. The molecule has 2 unspecified atom stereocenters. The fourth-order valence-corrected chi connectivity index (χ4v) is 11.6. The molecule has 3 N–H and O–H groups in total. The highest BCUT2D eigenvalue weighted by atomic mass is 16.5. The molecule has 0 bridgehead atoms. The third-order valence-corrected chi connectivity index (χ3v) is 17.1. The second kappa shape index (κ2) is 68.1. The number of carbonyl (C=O) groups is 2. The van der Waals surface area contributed by atoms with E-state index in [1.807, 2.05) is 0 Å². The van der Waals surface area contributed by atoms with Gasteiger partial charge in [0, 0.05) is 12.8 Å². The zero-order valence-electron chi connectivity index (χ0n) is 53.2. The summed E-state index contributed by atoms with van der Waals surface area (Å²) in [4.78, 5) is 24.6. The topological polar surface area (TPSA) is 95.9 Å². The van der Waals surface area contributed by atoms with Crippen LogP contribution in [0.15, 0.2) is 12.2 Å². The van der Waals surface area contributed by atoms with E-state index in [0.29, 0.717) is 25.9 Å². The van der Waals surface area contributed by atoms with Gasteiger partial charge in [-0.25, -0.2) is 0 Å². The lowest BCUT2D eigenvalue weighted by atomic mass is 10.0. The number of unbranched alkanes of at least 4 members (excludes halogenated alkanes) is 55. The zero-order valence-corrected chi connectivity index (χ0v) is 53.2. The number of hydrogen-bond acceptors (Lipinski definition) is 5. The van der Waals surface area contributed by atoms with Crippen molar-refractivity contribution in [2.75, 3.05) is 13.2 Å². The highest BCUT2D eigenvalue weighted by molar-refractivity contribution is 5.76. The van der Waals surface area contributed by atoms with E-state index in [-0.39, 0.29) is 18.5 Å². The van der Waals surface area contributed by atoms with Crippen LogP contribution < -0.4 is 5.32 Å². The maximum Gasteiger partial charge on any atom is 0.305 e. The van der Waals surface area contributed by atoms with E-state index in [0.717, 1.165) is 38.5 Å². The summed E-state index contributed by atoms with van der Waals surface area (Å²) in [6.45, 7) is 5.00. The number of nitrogens with one attached hydrogen (secondary N) is 1. The third kappa shape index (κ3) is 63.8. The van der Waals surface area contributed by atoms with Crippen LogP contribution in [0.5, 0.6) is 0 Å². The minimum Gasteiger partial charge on any atom is -0.466 e. The molecule has 0 heterocycles. The van der Waals surface area contributed by atoms with E-state index in [2.05, 4.69) is 31.3 Å². The van der Waals surface area contributed by atoms with Crippen molar-refractivity contribution in [2.45, 2.75) is 424 Å². The number of aliphatic hydroxyl groups is 2. The monoisotopic (exact) mass is 1100 g/mol. The molecule has 0 aliphatic heterocycles. The highest BCUT2D eigenvalue weighted by Gasteiger charge is 2.20. The van der Waals surface area contributed by atoms with Gasteiger partial charge in [-0.2, -0.15) is 0 Å². The molecular weight excluding hydrogens is 959 g/mol. The van der Waals surface area contributed by atoms with Gasteiger partial charge >= 0.3 is 5.97 Å². The van der Waals surface area contributed by atoms with Gasteiger partial charge in [-0.15, -0.1) is 0 Å². The fourth-order valence-electron chi connectivity index (χ4n) is 11.6. The summed E-state index contributed by atoms with van der Waals surface area (Å²) >= 11 is 0. The van der Waals surface area contributed by atoms with E-state index in [9.17, 15) is 19.8 Å². The Hall–Kier alpha value is -1.40. The van der Waals surface area contributed by atoms with Crippen LogP contribution in [0.2, 0.25) is 0 Å². The molecule has 0 aliphatic carbocycles. The molecule has 0 fully saturated rings. The summed E-state index contributed by atoms with van der Waals surface area (Å²) in [5.41, 5.74) is 0. The average molecular weight is 1100 g/mol. The Bertz CT molecular complexity index is 1180. The molecule has 2 atom stereocenters. The number of carbonyl (C=O) groups excluding carboxylic acids is 2. The lowest BCUT2D eigenvalue weighted by Crippen LogP contribution is -2.45. The number of esters is 1. The van der Waals surface area contributed by atoms with E-state index in [4.69, 9.17) is 4.74 Å². The summed E-state index contributed by atoms with van der Waals surface area (Å²) in [5, 5.41) is 23.4. The van der Waals surface area contributed by atoms with Crippen LogP contribution in [0.25, 0.3) is 0 Å². The van der Waals surface area contributed by atoms with Crippen LogP contribution in [0, 0.1) is 0 Å². The minimum absolute atomic E-state index is 0.0210. The number of amides is 1. The normalized spacial score (nSPS) is 12.5. The Morgan fingerprint density at radius 2 is 0.603 bits per heavy atom. The molecular formula is C72H141NO5. The molecule has 6 heteroatoms. The number of rotatable bonds is 68. The Labute approximate surface area is 489 Å². The lowest BCUT2D eigenvalue weighted by Gasteiger charge is -2.22. The molecule has 0 spiro atoms. The van der Waals surface area contributed by atoms with Gasteiger partial charge in [-0.3, -0.25) is 9.59 Å². The predicted octanol–water partition coefficient (Wildman–Crippen LogP) is 23.1. The number of aliphatic hydroxyl groups excluding tert-OH is 2. The highest BCUT2D eigenvalue weighted by Crippen LogP contribution is 2.19. The predicted molar refractivity (Wildman–Crippen MR) is 343 cm³/mol. The van der Waals surface area contributed by atoms with Gasteiger partial charge in [0.05, 0.1) is 25.4 Å². The van der Waals surface area contributed by atoms with Crippen molar-refractivity contribution in [3.63, 3.8) is 0 Å². The molecule has 0 aromatic heterocycles. The molecule has 0 aromatic carbocycles. The van der Waals surface area contributed by atoms with E-state index < -0.39 is 12.1 Å². The van der Waals surface area contributed by atoms with Crippen molar-refractivity contribution < 1.29 is 24.5 Å². The van der Waals surface area contributed by atoms with E-state index >= 15 is 0 Å². The van der Waals surface area contributed by atoms with Crippen molar-refractivity contribution in [1.82, 2.24) is 5.32 Å². The summed E-state index contributed by atoms with van der Waals surface area (Å²) in [6.07, 6.45) is 84.1. The largest absolute Gasteiger partial charge is 0.466 e.